The number of amides is 1. The monoisotopic (exact) mass is 375 g/mol. The van der Waals surface area contributed by atoms with E-state index in [1.54, 1.807) is 4.90 Å². The smallest absolute Gasteiger partial charge is 0.261 e. The van der Waals surface area contributed by atoms with Crippen LogP contribution in [-0.2, 0) is 10.0 Å². The average Bonchev–Trinajstić information content (AvgIpc) is 2.63. The molecule has 0 unspecified atom stereocenters. The lowest BCUT2D eigenvalue weighted by atomic mass is 10.2. The van der Waals surface area contributed by atoms with E-state index in [1.807, 2.05) is 13.8 Å². The van der Waals surface area contributed by atoms with Crippen molar-refractivity contribution in [3.63, 3.8) is 0 Å². The highest BCUT2D eigenvalue weighted by molar-refractivity contribution is 7.92. The van der Waals surface area contributed by atoms with Crippen LogP contribution in [0, 0.1) is 0 Å². The van der Waals surface area contributed by atoms with Crippen LogP contribution >= 0.6 is 0 Å². The van der Waals surface area contributed by atoms with Gasteiger partial charge in [-0.3, -0.25) is 9.52 Å². The van der Waals surface area contributed by atoms with Crippen molar-refractivity contribution in [3.05, 3.63) is 59.7 Å². The fraction of sp³-hybridized carbons (Fsp3) is 0.222. The second-order valence-corrected chi connectivity index (χ2v) is 7.16. The van der Waals surface area contributed by atoms with Crippen molar-refractivity contribution in [2.45, 2.75) is 18.7 Å². The van der Waals surface area contributed by atoms with Crippen LogP contribution in [0.5, 0.6) is 0 Å². The summed E-state index contributed by atoms with van der Waals surface area (Å²) in [4.78, 5) is 24.6. The maximum absolute atomic E-state index is 12.4. The Hall–Kier alpha value is -2.87. The molecule has 0 bridgehead atoms. The Balaban J connectivity index is 2.21. The zero-order valence-electron chi connectivity index (χ0n) is 14.4. The van der Waals surface area contributed by atoms with Gasteiger partial charge in [-0.1, -0.05) is 12.1 Å². The van der Waals surface area contributed by atoms with E-state index in [1.165, 1.54) is 42.5 Å². The number of benzene rings is 2. The first-order chi connectivity index (χ1) is 12.3. The van der Waals surface area contributed by atoms with Gasteiger partial charge in [0.25, 0.3) is 15.9 Å². The molecule has 7 nitrogen and oxygen atoms in total. The molecular weight excluding hydrogens is 356 g/mol. The number of nitrogens with one attached hydrogen (secondary N) is 1. The van der Waals surface area contributed by atoms with E-state index in [2.05, 4.69) is 4.72 Å². The van der Waals surface area contributed by atoms with Crippen molar-refractivity contribution in [2.24, 2.45) is 0 Å². The van der Waals surface area contributed by atoms with Crippen molar-refractivity contribution in [1.29, 1.82) is 0 Å². The van der Waals surface area contributed by atoms with Crippen molar-refractivity contribution in [2.75, 3.05) is 17.8 Å². The molecule has 138 valence electrons. The number of carbonyl (C=O) groups is 2. The molecule has 2 aromatic carbocycles. The van der Waals surface area contributed by atoms with E-state index in [0.717, 1.165) is 6.07 Å². The normalized spacial score (nSPS) is 11.0. The lowest BCUT2D eigenvalue weighted by Gasteiger charge is -2.18. The van der Waals surface area contributed by atoms with Crippen LogP contribution in [0.4, 0.5) is 5.69 Å². The van der Waals surface area contributed by atoms with Gasteiger partial charge >= 0.3 is 0 Å². The number of hydrogen-bond acceptors (Lipinski definition) is 5. The fourth-order valence-corrected chi connectivity index (χ4v) is 3.48. The van der Waals surface area contributed by atoms with Crippen LogP contribution in [-0.4, -0.2) is 38.3 Å². The number of rotatable bonds is 7. The molecule has 0 saturated carbocycles. The summed E-state index contributed by atoms with van der Waals surface area (Å²) in [5, 5.41) is 10.9. The number of nitrogens with zero attached hydrogens (tertiary/aromatic N) is 1. The summed E-state index contributed by atoms with van der Waals surface area (Å²) < 4.78 is 27.2. The molecule has 8 heteroatoms. The Labute approximate surface area is 152 Å². The van der Waals surface area contributed by atoms with E-state index >= 15 is 0 Å². The molecule has 1 N–H and O–H groups in total. The predicted octanol–water partition coefficient (Wildman–Crippen LogP) is 1.33. The maximum atomic E-state index is 12.4. The Morgan fingerprint density at radius 1 is 1.00 bits per heavy atom. The molecule has 0 radical (unpaired) electrons. The van der Waals surface area contributed by atoms with Gasteiger partial charge in [0, 0.05) is 24.3 Å². The lowest BCUT2D eigenvalue weighted by molar-refractivity contribution is -0.255. The summed E-state index contributed by atoms with van der Waals surface area (Å²) in [6.45, 7) is 4.92. The summed E-state index contributed by atoms with van der Waals surface area (Å²) in [5.74, 6) is -1.59. The molecule has 0 spiro atoms. The molecule has 0 heterocycles. The largest absolute Gasteiger partial charge is 0.545 e. The lowest BCUT2D eigenvalue weighted by Crippen LogP contribution is -2.30. The van der Waals surface area contributed by atoms with Crippen LogP contribution < -0.4 is 9.83 Å². The highest BCUT2D eigenvalue weighted by Gasteiger charge is 2.16. The third-order valence-electron chi connectivity index (χ3n) is 3.81. The van der Waals surface area contributed by atoms with Crippen molar-refractivity contribution < 1.29 is 23.1 Å². The first-order valence-corrected chi connectivity index (χ1v) is 9.50. The van der Waals surface area contributed by atoms with Gasteiger partial charge in [0.15, 0.2) is 0 Å². The minimum absolute atomic E-state index is 0.133. The SMILES string of the molecule is CCN(CC)C(=O)c1ccc(NS(=O)(=O)c2cccc(C(=O)[O-])c2)cc1. The molecule has 26 heavy (non-hydrogen) atoms. The summed E-state index contributed by atoms with van der Waals surface area (Å²) in [6.07, 6.45) is 0. The first kappa shape index (κ1) is 19.5. The van der Waals surface area contributed by atoms with Gasteiger partial charge in [-0.15, -0.1) is 0 Å². The van der Waals surface area contributed by atoms with Gasteiger partial charge in [-0.05, 0) is 55.8 Å². The molecule has 0 aliphatic rings. The summed E-state index contributed by atoms with van der Waals surface area (Å²) in [5.41, 5.74) is 0.489. The molecule has 0 aliphatic carbocycles. The molecule has 0 fully saturated rings. The molecule has 0 aromatic heterocycles. The van der Waals surface area contributed by atoms with E-state index in [0.29, 0.717) is 18.7 Å². The summed E-state index contributed by atoms with van der Waals surface area (Å²) in [7, 11) is -3.96. The topological polar surface area (TPSA) is 107 Å². The molecule has 2 rings (SSSR count). The second-order valence-electron chi connectivity index (χ2n) is 5.48. The zero-order chi connectivity index (χ0) is 19.3. The van der Waals surface area contributed by atoms with E-state index in [4.69, 9.17) is 0 Å². The predicted molar refractivity (Wildman–Crippen MR) is 95.3 cm³/mol. The zero-order valence-corrected chi connectivity index (χ0v) is 15.2. The number of sulfonamides is 1. The molecule has 0 saturated heterocycles. The van der Waals surface area contributed by atoms with Gasteiger partial charge in [0.1, 0.15) is 0 Å². The van der Waals surface area contributed by atoms with Gasteiger partial charge in [-0.25, -0.2) is 8.42 Å². The van der Waals surface area contributed by atoms with Crippen molar-refractivity contribution >= 4 is 27.6 Å². The first-order valence-electron chi connectivity index (χ1n) is 8.02. The van der Waals surface area contributed by atoms with Crippen molar-refractivity contribution in [1.82, 2.24) is 4.90 Å². The average molecular weight is 375 g/mol. The number of anilines is 1. The Morgan fingerprint density at radius 3 is 2.15 bits per heavy atom. The Bertz CT molecular complexity index is 903. The molecule has 1 amide bonds. The fourth-order valence-electron chi connectivity index (χ4n) is 2.38. The number of hydrogen-bond donors (Lipinski definition) is 1. The minimum atomic E-state index is -3.96. The van der Waals surface area contributed by atoms with Gasteiger partial charge < -0.3 is 14.8 Å². The Kier molecular flexibility index (Phi) is 5.99. The van der Waals surface area contributed by atoms with Crippen LogP contribution in [0.3, 0.4) is 0 Å². The third kappa shape index (κ3) is 4.40. The van der Waals surface area contributed by atoms with Crippen LogP contribution in [0.15, 0.2) is 53.4 Å². The summed E-state index contributed by atoms with van der Waals surface area (Å²) in [6, 6.07) is 10.9. The third-order valence-corrected chi connectivity index (χ3v) is 5.19. The minimum Gasteiger partial charge on any atom is -0.545 e. The van der Waals surface area contributed by atoms with Gasteiger partial charge in [0.05, 0.1) is 10.9 Å². The number of carboxylic acid groups (broad SMARTS) is 1. The maximum Gasteiger partial charge on any atom is 0.261 e. The van der Waals surface area contributed by atoms with E-state index in [-0.39, 0.29) is 22.1 Å². The molecule has 0 aliphatic heterocycles. The second kappa shape index (κ2) is 8.01. The van der Waals surface area contributed by atoms with Crippen LogP contribution in [0.1, 0.15) is 34.6 Å². The quantitative estimate of drug-likeness (QED) is 0.786. The number of carboxylic acids is 1. The van der Waals surface area contributed by atoms with E-state index in [9.17, 15) is 23.1 Å². The standard InChI is InChI=1S/C18H20N2O5S/c1-3-20(4-2)17(21)13-8-10-15(11-9-13)19-26(24,25)16-7-5-6-14(12-16)18(22)23/h5-12,19H,3-4H2,1-2H3,(H,22,23)/p-1. The molecule has 0 atom stereocenters. The van der Waals surface area contributed by atoms with Crippen molar-refractivity contribution in [3.8, 4) is 0 Å². The van der Waals surface area contributed by atoms with Crippen LogP contribution in [0.25, 0.3) is 0 Å². The Morgan fingerprint density at radius 2 is 1.62 bits per heavy atom. The van der Waals surface area contributed by atoms with Gasteiger partial charge in [0.2, 0.25) is 0 Å². The van der Waals surface area contributed by atoms with Gasteiger partial charge in [-0.2, -0.15) is 0 Å². The molecule has 2 aromatic rings. The van der Waals surface area contributed by atoms with Crippen LogP contribution in [0.2, 0.25) is 0 Å². The number of aromatic carboxylic acids is 1. The highest BCUT2D eigenvalue weighted by atomic mass is 32.2. The summed E-state index contributed by atoms with van der Waals surface area (Å²) >= 11 is 0. The highest BCUT2D eigenvalue weighted by Crippen LogP contribution is 2.18. The number of carbonyl (C=O) groups excluding carboxylic acids is 2. The van der Waals surface area contributed by atoms with E-state index < -0.39 is 16.0 Å². The molecular formula is C18H19N2O5S-.